The van der Waals surface area contributed by atoms with Crippen LogP contribution in [0.3, 0.4) is 0 Å². The quantitative estimate of drug-likeness (QED) is 0.741. The Morgan fingerprint density at radius 1 is 1.22 bits per heavy atom. The van der Waals surface area contributed by atoms with E-state index in [0.29, 0.717) is 11.6 Å². The lowest BCUT2D eigenvalue weighted by atomic mass is 9.92. The van der Waals surface area contributed by atoms with E-state index in [2.05, 4.69) is 4.98 Å². The SMILES string of the molecule is COCC(=O)N1CCc2c([nH]c3ccc(Cl)cc23)C1c1ccc(OC)cc1. The van der Waals surface area contributed by atoms with Gasteiger partial charge in [-0.3, -0.25) is 4.79 Å². The Morgan fingerprint density at radius 3 is 2.70 bits per heavy atom. The number of rotatable bonds is 4. The summed E-state index contributed by atoms with van der Waals surface area (Å²) >= 11 is 6.22. The average molecular weight is 385 g/mol. The summed E-state index contributed by atoms with van der Waals surface area (Å²) in [6.45, 7) is 0.694. The molecule has 0 fully saturated rings. The standard InChI is InChI=1S/C21H21ClN2O3/c1-26-12-19(25)24-10-9-16-17-11-14(22)5-8-18(17)23-20(16)21(24)13-3-6-15(27-2)7-4-13/h3-8,11,21,23H,9-10,12H2,1-2H3. The number of hydrogen-bond acceptors (Lipinski definition) is 3. The maximum absolute atomic E-state index is 12.7. The number of carbonyl (C=O) groups is 1. The number of ether oxygens (including phenoxy) is 2. The molecule has 0 saturated carbocycles. The molecule has 0 bridgehead atoms. The molecule has 27 heavy (non-hydrogen) atoms. The van der Waals surface area contributed by atoms with Crippen molar-refractivity contribution in [1.29, 1.82) is 0 Å². The number of nitrogens with one attached hydrogen (secondary N) is 1. The minimum absolute atomic E-state index is 0.0272. The fourth-order valence-electron chi connectivity index (χ4n) is 3.87. The number of halogens is 1. The van der Waals surface area contributed by atoms with Gasteiger partial charge in [-0.05, 0) is 47.9 Å². The van der Waals surface area contributed by atoms with Crippen molar-refractivity contribution in [2.24, 2.45) is 0 Å². The summed E-state index contributed by atoms with van der Waals surface area (Å²) in [6.07, 6.45) is 0.776. The van der Waals surface area contributed by atoms with E-state index < -0.39 is 0 Å². The molecular weight excluding hydrogens is 364 g/mol. The van der Waals surface area contributed by atoms with Crippen LogP contribution in [-0.4, -0.2) is 43.2 Å². The van der Waals surface area contributed by atoms with Gasteiger partial charge in [-0.1, -0.05) is 23.7 Å². The second-order valence-corrected chi connectivity index (χ2v) is 7.09. The van der Waals surface area contributed by atoms with Gasteiger partial charge in [0.25, 0.3) is 0 Å². The molecule has 140 valence electrons. The Balaban J connectivity index is 1.86. The summed E-state index contributed by atoms with van der Waals surface area (Å²) in [5, 5.41) is 1.83. The van der Waals surface area contributed by atoms with Crippen molar-refractivity contribution in [2.45, 2.75) is 12.5 Å². The Hall–Kier alpha value is -2.50. The number of carbonyl (C=O) groups excluding carboxylic acids is 1. The van der Waals surface area contributed by atoms with Crippen LogP contribution < -0.4 is 4.74 Å². The van der Waals surface area contributed by atoms with E-state index in [1.807, 2.05) is 47.4 Å². The topological polar surface area (TPSA) is 54.6 Å². The molecule has 1 atom stereocenters. The molecular formula is C21H21ClN2O3. The summed E-state index contributed by atoms with van der Waals surface area (Å²) in [5.74, 6) is 0.758. The molecule has 1 aromatic heterocycles. The highest BCUT2D eigenvalue weighted by atomic mass is 35.5. The monoisotopic (exact) mass is 384 g/mol. The third-order valence-corrected chi connectivity index (χ3v) is 5.34. The highest BCUT2D eigenvalue weighted by Crippen LogP contribution is 2.39. The van der Waals surface area contributed by atoms with E-state index in [0.717, 1.165) is 34.3 Å². The van der Waals surface area contributed by atoms with Gasteiger partial charge in [0.1, 0.15) is 12.4 Å². The van der Waals surface area contributed by atoms with Crippen LogP contribution in [0.25, 0.3) is 10.9 Å². The first-order valence-electron chi connectivity index (χ1n) is 8.84. The first-order chi connectivity index (χ1) is 13.1. The number of benzene rings is 2. The number of H-pyrrole nitrogens is 1. The fraction of sp³-hybridized carbons (Fsp3) is 0.286. The molecule has 3 aromatic rings. The molecule has 4 rings (SSSR count). The second kappa shape index (κ2) is 7.25. The van der Waals surface area contributed by atoms with Crippen molar-refractivity contribution in [3.8, 4) is 5.75 Å². The number of hydrogen-bond donors (Lipinski definition) is 1. The average Bonchev–Trinajstić information content (AvgIpc) is 3.05. The Kier molecular flexibility index (Phi) is 4.81. The summed E-state index contributed by atoms with van der Waals surface area (Å²) in [4.78, 5) is 18.1. The molecule has 0 saturated heterocycles. The van der Waals surface area contributed by atoms with Crippen LogP contribution in [0.15, 0.2) is 42.5 Å². The largest absolute Gasteiger partial charge is 0.497 e. The Morgan fingerprint density at radius 2 is 2.00 bits per heavy atom. The van der Waals surface area contributed by atoms with E-state index >= 15 is 0 Å². The summed E-state index contributed by atoms with van der Waals surface area (Å²) < 4.78 is 10.4. The molecule has 0 aliphatic carbocycles. The van der Waals surface area contributed by atoms with Gasteiger partial charge in [0.15, 0.2) is 0 Å². The van der Waals surface area contributed by atoms with E-state index in [4.69, 9.17) is 21.1 Å². The molecule has 5 nitrogen and oxygen atoms in total. The third kappa shape index (κ3) is 3.17. The summed E-state index contributed by atoms with van der Waals surface area (Å²) in [6, 6.07) is 13.5. The van der Waals surface area contributed by atoms with E-state index in [1.165, 1.54) is 5.56 Å². The molecule has 0 spiro atoms. The maximum atomic E-state index is 12.7. The minimum atomic E-state index is -0.200. The van der Waals surface area contributed by atoms with Gasteiger partial charge >= 0.3 is 0 Å². The smallest absolute Gasteiger partial charge is 0.249 e. The minimum Gasteiger partial charge on any atom is -0.497 e. The molecule has 1 N–H and O–H groups in total. The lowest BCUT2D eigenvalue weighted by Crippen LogP contribution is -2.42. The van der Waals surface area contributed by atoms with Crippen LogP contribution in [0.2, 0.25) is 5.02 Å². The van der Waals surface area contributed by atoms with Gasteiger partial charge < -0.3 is 19.4 Å². The first kappa shape index (κ1) is 17.9. The predicted octanol–water partition coefficient (Wildman–Crippen LogP) is 3.95. The molecule has 1 aliphatic heterocycles. The van der Waals surface area contributed by atoms with Crippen molar-refractivity contribution < 1.29 is 14.3 Å². The Labute approximate surface area is 162 Å². The zero-order valence-corrected chi connectivity index (χ0v) is 16.0. The maximum Gasteiger partial charge on any atom is 0.249 e. The molecule has 1 unspecified atom stereocenters. The molecule has 2 heterocycles. The second-order valence-electron chi connectivity index (χ2n) is 6.65. The van der Waals surface area contributed by atoms with Crippen molar-refractivity contribution in [1.82, 2.24) is 9.88 Å². The predicted molar refractivity (Wildman–Crippen MR) is 105 cm³/mol. The van der Waals surface area contributed by atoms with Crippen LogP contribution in [0.1, 0.15) is 22.9 Å². The van der Waals surface area contributed by atoms with Crippen molar-refractivity contribution in [3.05, 3.63) is 64.3 Å². The third-order valence-electron chi connectivity index (χ3n) is 5.11. The highest BCUT2D eigenvalue weighted by molar-refractivity contribution is 6.31. The Bertz CT molecular complexity index is 981. The molecule has 0 radical (unpaired) electrons. The molecule has 1 aliphatic rings. The number of nitrogens with zero attached hydrogens (tertiary/aromatic N) is 1. The van der Waals surface area contributed by atoms with E-state index in [-0.39, 0.29) is 18.6 Å². The zero-order chi connectivity index (χ0) is 19.0. The lowest BCUT2D eigenvalue weighted by molar-refractivity contribution is -0.137. The molecule has 2 aromatic carbocycles. The number of amides is 1. The van der Waals surface area contributed by atoms with Gasteiger partial charge in [-0.15, -0.1) is 0 Å². The number of aromatic amines is 1. The normalized spacial score (nSPS) is 16.4. The first-order valence-corrected chi connectivity index (χ1v) is 9.22. The zero-order valence-electron chi connectivity index (χ0n) is 15.3. The van der Waals surface area contributed by atoms with Crippen molar-refractivity contribution >= 4 is 28.4 Å². The van der Waals surface area contributed by atoms with Crippen LogP contribution in [0, 0.1) is 0 Å². The van der Waals surface area contributed by atoms with Crippen molar-refractivity contribution in [3.63, 3.8) is 0 Å². The van der Waals surface area contributed by atoms with E-state index in [9.17, 15) is 4.79 Å². The van der Waals surface area contributed by atoms with E-state index in [1.54, 1.807) is 14.2 Å². The fourth-order valence-corrected chi connectivity index (χ4v) is 4.04. The van der Waals surface area contributed by atoms with Crippen molar-refractivity contribution in [2.75, 3.05) is 27.4 Å². The van der Waals surface area contributed by atoms with Gasteiger partial charge in [-0.25, -0.2) is 0 Å². The summed E-state index contributed by atoms with van der Waals surface area (Å²) in [7, 11) is 3.18. The van der Waals surface area contributed by atoms with Gasteiger partial charge in [0, 0.05) is 35.3 Å². The molecule has 6 heteroatoms. The van der Waals surface area contributed by atoms with Gasteiger partial charge in [-0.2, -0.15) is 0 Å². The lowest BCUT2D eigenvalue weighted by Gasteiger charge is -2.36. The highest BCUT2D eigenvalue weighted by Gasteiger charge is 2.34. The van der Waals surface area contributed by atoms with Gasteiger partial charge in [0.2, 0.25) is 5.91 Å². The van der Waals surface area contributed by atoms with Gasteiger partial charge in [0.05, 0.1) is 13.2 Å². The van der Waals surface area contributed by atoms with Crippen LogP contribution >= 0.6 is 11.6 Å². The van der Waals surface area contributed by atoms with Crippen LogP contribution in [0.4, 0.5) is 0 Å². The number of methoxy groups -OCH3 is 2. The summed E-state index contributed by atoms with van der Waals surface area (Å²) in [5.41, 5.74) is 4.31. The number of fused-ring (bicyclic) bond motifs is 3. The molecule has 1 amide bonds. The van der Waals surface area contributed by atoms with Crippen LogP contribution in [0.5, 0.6) is 5.75 Å². The van der Waals surface area contributed by atoms with Crippen LogP contribution in [-0.2, 0) is 16.0 Å². The number of aromatic nitrogens is 1.